The van der Waals surface area contributed by atoms with Gasteiger partial charge in [0.2, 0.25) is 6.79 Å². The minimum absolute atomic E-state index is 0.299. The molecule has 1 saturated heterocycles. The van der Waals surface area contributed by atoms with Crippen LogP contribution in [0, 0.1) is 0 Å². The van der Waals surface area contributed by atoms with E-state index in [-0.39, 0.29) is 0 Å². The van der Waals surface area contributed by atoms with Crippen molar-refractivity contribution < 1.29 is 19.1 Å². The summed E-state index contributed by atoms with van der Waals surface area (Å²) in [5, 5.41) is 4.18. The summed E-state index contributed by atoms with van der Waals surface area (Å²) in [6.45, 7) is 6.82. The van der Waals surface area contributed by atoms with Gasteiger partial charge in [0.15, 0.2) is 16.6 Å². The highest BCUT2D eigenvalue weighted by Gasteiger charge is 2.21. The van der Waals surface area contributed by atoms with Crippen molar-refractivity contribution in [1.29, 1.82) is 0 Å². The lowest BCUT2D eigenvalue weighted by Crippen LogP contribution is -3.15. The summed E-state index contributed by atoms with van der Waals surface area (Å²) in [5.74, 6) is 2.55. The highest BCUT2D eigenvalue weighted by molar-refractivity contribution is 7.80. The molecule has 2 aliphatic heterocycles. The van der Waals surface area contributed by atoms with E-state index in [2.05, 4.69) is 10.2 Å². The van der Waals surface area contributed by atoms with E-state index in [0.717, 1.165) is 67.3 Å². The minimum Gasteiger partial charge on any atom is -0.488 e. The Balaban J connectivity index is 1.16. The summed E-state index contributed by atoms with van der Waals surface area (Å²) in [5.41, 5.74) is 1.13. The zero-order chi connectivity index (χ0) is 19.2. The maximum Gasteiger partial charge on any atom is 0.231 e. The SMILES string of the molecule is S=C(NCc1ccc2c(c1)OCO2)N1CC[NH+](CCOc2ccccc2)CC1. The van der Waals surface area contributed by atoms with E-state index in [1.54, 1.807) is 4.90 Å². The number of para-hydroxylation sites is 1. The van der Waals surface area contributed by atoms with Crippen LogP contribution in [0.1, 0.15) is 5.56 Å². The second-order valence-electron chi connectivity index (χ2n) is 6.99. The predicted octanol–water partition coefficient (Wildman–Crippen LogP) is 1.07. The van der Waals surface area contributed by atoms with Gasteiger partial charge in [0.25, 0.3) is 0 Å². The quantitative estimate of drug-likeness (QED) is 0.708. The van der Waals surface area contributed by atoms with Gasteiger partial charge in [-0.25, -0.2) is 0 Å². The molecule has 0 radical (unpaired) electrons. The van der Waals surface area contributed by atoms with Crippen LogP contribution in [-0.2, 0) is 6.54 Å². The number of rotatable bonds is 6. The molecule has 28 heavy (non-hydrogen) atoms. The zero-order valence-corrected chi connectivity index (χ0v) is 16.7. The molecule has 0 bridgehead atoms. The predicted molar refractivity (Wildman–Crippen MR) is 111 cm³/mol. The molecule has 2 heterocycles. The van der Waals surface area contributed by atoms with Crippen LogP contribution >= 0.6 is 12.2 Å². The Hall–Kier alpha value is -2.51. The Morgan fingerprint density at radius 3 is 2.68 bits per heavy atom. The lowest BCUT2D eigenvalue weighted by Gasteiger charge is -2.33. The number of nitrogens with zero attached hydrogens (tertiary/aromatic N) is 1. The van der Waals surface area contributed by atoms with Gasteiger partial charge in [-0.3, -0.25) is 0 Å². The molecule has 0 spiro atoms. The number of thiocarbonyl (C=S) groups is 1. The molecule has 6 nitrogen and oxygen atoms in total. The van der Waals surface area contributed by atoms with Crippen LogP contribution in [-0.4, -0.2) is 56.1 Å². The molecule has 2 aromatic carbocycles. The van der Waals surface area contributed by atoms with Crippen LogP contribution in [0.15, 0.2) is 48.5 Å². The molecule has 2 aliphatic rings. The first-order valence-electron chi connectivity index (χ1n) is 9.71. The summed E-state index contributed by atoms with van der Waals surface area (Å²) in [4.78, 5) is 3.81. The number of quaternary nitrogens is 1. The highest BCUT2D eigenvalue weighted by Crippen LogP contribution is 2.32. The fourth-order valence-corrected chi connectivity index (χ4v) is 3.70. The lowest BCUT2D eigenvalue weighted by atomic mass is 10.2. The summed E-state index contributed by atoms with van der Waals surface area (Å²) >= 11 is 5.59. The molecule has 7 heteroatoms. The van der Waals surface area contributed by atoms with E-state index in [1.165, 1.54) is 0 Å². The lowest BCUT2D eigenvalue weighted by molar-refractivity contribution is -0.903. The number of ether oxygens (including phenoxy) is 3. The topological polar surface area (TPSA) is 47.4 Å². The summed E-state index contributed by atoms with van der Waals surface area (Å²) in [6.07, 6.45) is 0. The van der Waals surface area contributed by atoms with Crippen LogP contribution in [0.4, 0.5) is 0 Å². The maximum absolute atomic E-state index is 5.81. The van der Waals surface area contributed by atoms with Crippen molar-refractivity contribution in [3.8, 4) is 17.2 Å². The van der Waals surface area contributed by atoms with Crippen LogP contribution in [0.2, 0.25) is 0 Å². The molecule has 1 fully saturated rings. The van der Waals surface area contributed by atoms with Crippen molar-refractivity contribution in [3.05, 3.63) is 54.1 Å². The number of nitrogens with one attached hydrogen (secondary N) is 2. The van der Waals surface area contributed by atoms with Gasteiger partial charge in [0.05, 0.1) is 26.2 Å². The van der Waals surface area contributed by atoms with Crippen LogP contribution in [0.25, 0.3) is 0 Å². The Morgan fingerprint density at radius 1 is 1.07 bits per heavy atom. The molecule has 4 rings (SSSR count). The smallest absolute Gasteiger partial charge is 0.231 e. The first-order chi connectivity index (χ1) is 13.8. The van der Waals surface area contributed by atoms with Gasteiger partial charge in [-0.2, -0.15) is 0 Å². The van der Waals surface area contributed by atoms with Crippen molar-refractivity contribution in [2.24, 2.45) is 0 Å². The first-order valence-corrected chi connectivity index (χ1v) is 10.1. The Kier molecular flexibility index (Phi) is 6.14. The van der Waals surface area contributed by atoms with E-state index in [1.807, 2.05) is 48.5 Å². The maximum atomic E-state index is 5.81. The fourth-order valence-electron chi connectivity index (χ4n) is 3.45. The van der Waals surface area contributed by atoms with Crippen LogP contribution in [0.5, 0.6) is 17.2 Å². The van der Waals surface area contributed by atoms with E-state index < -0.39 is 0 Å². The van der Waals surface area contributed by atoms with Crippen LogP contribution in [0.3, 0.4) is 0 Å². The second kappa shape index (κ2) is 9.12. The normalized spacial score (nSPS) is 16.1. The van der Waals surface area contributed by atoms with Gasteiger partial charge < -0.3 is 29.3 Å². The highest BCUT2D eigenvalue weighted by atomic mass is 32.1. The molecule has 0 aromatic heterocycles. The summed E-state index contributed by atoms with van der Waals surface area (Å²) in [7, 11) is 0. The fraction of sp³-hybridized carbons (Fsp3) is 0.381. The van der Waals surface area contributed by atoms with Crippen LogP contribution < -0.4 is 24.4 Å². The van der Waals surface area contributed by atoms with Crippen molar-refractivity contribution in [3.63, 3.8) is 0 Å². The molecule has 0 amide bonds. The number of fused-ring (bicyclic) bond motifs is 1. The number of hydrogen-bond acceptors (Lipinski definition) is 4. The number of hydrogen-bond donors (Lipinski definition) is 2. The number of piperazine rings is 1. The molecular weight excluding hydrogens is 374 g/mol. The van der Waals surface area contributed by atoms with Crippen molar-refractivity contribution >= 4 is 17.3 Å². The zero-order valence-electron chi connectivity index (χ0n) is 15.9. The molecule has 0 aliphatic carbocycles. The van der Waals surface area contributed by atoms with Gasteiger partial charge in [0, 0.05) is 6.54 Å². The molecular formula is C21H26N3O3S+. The molecule has 0 atom stereocenters. The Labute approximate surface area is 171 Å². The molecule has 148 valence electrons. The monoisotopic (exact) mass is 400 g/mol. The van der Waals surface area contributed by atoms with Gasteiger partial charge in [-0.1, -0.05) is 24.3 Å². The molecule has 2 aromatic rings. The standard InChI is InChI=1S/C21H25N3O3S/c28-21(22-15-17-6-7-19-20(14-17)27-16-26-19)24-10-8-23(9-11-24)12-13-25-18-4-2-1-3-5-18/h1-7,14H,8-13,15-16H2,(H,22,28)/p+1. The Morgan fingerprint density at radius 2 is 1.86 bits per heavy atom. The summed E-state index contributed by atoms with van der Waals surface area (Å²) in [6, 6.07) is 16.0. The van der Waals surface area contributed by atoms with Crippen molar-refractivity contribution in [2.75, 3.05) is 46.1 Å². The second-order valence-corrected chi connectivity index (χ2v) is 7.38. The van der Waals surface area contributed by atoms with Crippen molar-refractivity contribution in [2.45, 2.75) is 6.54 Å². The molecule has 0 saturated carbocycles. The average molecular weight is 401 g/mol. The molecule has 0 unspecified atom stereocenters. The third-order valence-corrected chi connectivity index (χ3v) is 5.51. The third kappa shape index (κ3) is 4.85. The average Bonchev–Trinajstić information content (AvgIpc) is 3.21. The van der Waals surface area contributed by atoms with E-state index in [0.29, 0.717) is 13.3 Å². The minimum atomic E-state index is 0.299. The van der Waals surface area contributed by atoms with Gasteiger partial charge in [0.1, 0.15) is 18.9 Å². The van der Waals surface area contributed by atoms with E-state index >= 15 is 0 Å². The largest absolute Gasteiger partial charge is 0.488 e. The number of benzene rings is 2. The van der Waals surface area contributed by atoms with Gasteiger partial charge in [-0.15, -0.1) is 0 Å². The Bertz CT molecular complexity index is 795. The third-order valence-electron chi connectivity index (χ3n) is 5.11. The molecule has 2 N–H and O–H groups in total. The van der Waals surface area contributed by atoms with Crippen molar-refractivity contribution in [1.82, 2.24) is 10.2 Å². The summed E-state index contributed by atoms with van der Waals surface area (Å²) < 4.78 is 16.6. The van der Waals surface area contributed by atoms with Gasteiger partial charge >= 0.3 is 0 Å². The van der Waals surface area contributed by atoms with E-state index in [4.69, 9.17) is 26.4 Å². The van der Waals surface area contributed by atoms with E-state index in [9.17, 15) is 0 Å². The first kappa shape index (κ1) is 18.8. The van der Waals surface area contributed by atoms with Gasteiger partial charge in [-0.05, 0) is 42.0 Å².